The van der Waals surface area contributed by atoms with Crippen molar-refractivity contribution in [2.24, 2.45) is 47.3 Å². The average molecular weight is 662 g/mol. The number of hydrogen-bond acceptors (Lipinski definition) is 8. The molecule has 0 aromatic carbocycles. The molecule has 5 heterocycles. The summed E-state index contributed by atoms with van der Waals surface area (Å²) < 4.78 is 0. The number of fused-ring (bicyclic) bond motifs is 20. The quantitative estimate of drug-likeness (QED) is 0.188. The van der Waals surface area contributed by atoms with E-state index >= 15 is 0 Å². The Balaban J connectivity index is 0.00000144. The van der Waals surface area contributed by atoms with Gasteiger partial charge >= 0.3 is 0 Å². The van der Waals surface area contributed by atoms with Gasteiger partial charge in [-0.05, 0) is 98.7 Å². The van der Waals surface area contributed by atoms with Gasteiger partial charge in [0.25, 0.3) is 0 Å². The molecule has 8 atom stereocenters. The summed E-state index contributed by atoms with van der Waals surface area (Å²) in [5, 5.41) is 33.8. The second kappa shape index (κ2) is 13.1. The fraction of sp³-hybridized carbons (Fsp3) is 1.00. The minimum Gasteiger partial charge on any atom is -0.286 e. The molecule has 0 spiro atoms. The molecule has 4 aliphatic carbocycles. The summed E-state index contributed by atoms with van der Waals surface area (Å²) in [4.78, 5) is 0. The molecule has 8 N–H and O–H groups in total. The molecule has 9 aliphatic rings. The van der Waals surface area contributed by atoms with E-state index in [1.165, 1.54) is 103 Å². The van der Waals surface area contributed by atoms with Gasteiger partial charge in [-0.3, -0.25) is 42.5 Å². The first-order chi connectivity index (χ1) is 19.8. The Morgan fingerprint density at radius 3 is 0.476 bits per heavy atom. The van der Waals surface area contributed by atoms with E-state index in [4.69, 9.17) is 0 Å². The van der Waals surface area contributed by atoms with Crippen molar-refractivity contribution in [2.75, 3.05) is 0 Å². The van der Waals surface area contributed by atoms with Crippen molar-refractivity contribution in [1.29, 1.82) is 0 Å². The van der Waals surface area contributed by atoms with Crippen LogP contribution in [0, 0.1) is 47.3 Å². The number of hydrogen-bond donors (Lipinski definition) is 8. The van der Waals surface area contributed by atoms with Crippen LogP contribution in [0.4, 0.5) is 0 Å². The molecule has 42 heavy (non-hydrogen) atoms. The first-order valence-corrected chi connectivity index (χ1v) is 17.9. The Bertz CT molecular complexity index is 723. The topological polar surface area (TPSA) is 96.2 Å². The zero-order valence-corrected chi connectivity index (χ0v) is 27.7. The fourth-order valence-electron chi connectivity index (χ4n) is 12.0. The van der Waals surface area contributed by atoms with Crippen LogP contribution in [0.25, 0.3) is 0 Å². The number of rotatable bonds is 0. The normalized spacial score (nSPS) is 54.9. The van der Waals surface area contributed by atoms with Crippen LogP contribution in [0.2, 0.25) is 0 Å². The van der Waals surface area contributed by atoms with Gasteiger partial charge in [0.1, 0.15) is 0 Å². The smallest absolute Gasteiger partial charge is 0.0628 e. The standard InChI is InChI=1S/C32H56N8.Ni.V/c1-2-10-18-17(9-1)25-33-26(18)38-28-21-13-5-6-14-22(21)30(35-28)40-32-24-16-8-7-15-23(24)31(36-32)39-29-20-12-4-3-11-19(20)27(34-29)37-25;;/h17-40H,1-16H2;;. The first-order valence-electron chi connectivity index (χ1n) is 17.9. The molecule has 8 unspecified atom stereocenters. The second-order valence-electron chi connectivity index (χ2n) is 15.6. The summed E-state index contributed by atoms with van der Waals surface area (Å²) in [5.41, 5.74) is 0. The summed E-state index contributed by atoms with van der Waals surface area (Å²) in [6.07, 6.45) is 25.6. The van der Waals surface area contributed by atoms with Gasteiger partial charge in [0, 0.05) is 35.0 Å². The van der Waals surface area contributed by atoms with Crippen molar-refractivity contribution < 1.29 is 35.0 Å². The van der Waals surface area contributed by atoms with E-state index in [9.17, 15) is 0 Å². The fourth-order valence-corrected chi connectivity index (χ4v) is 12.0. The molecular formula is C32H56N8NiV. The number of nitrogens with one attached hydrogen (secondary N) is 8. The van der Waals surface area contributed by atoms with Crippen LogP contribution in [0.15, 0.2) is 0 Å². The molecular weight excluding hydrogens is 606 g/mol. The van der Waals surface area contributed by atoms with Crippen LogP contribution in [-0.4, -0.2) is 49.3 Å². The van der Waals surface area contributed by atoms with Gasteiger partial charge < -0.3 is 0 Å². The summed E-state index contributed by atoms with van der Waals surface area (Å²) in [6, 6.07) is 0. The molecule has 0 aromatic rings. The first kappa shape index (κ1) is 31.4. The minimum absolute atomic E-state index is 0. The third kappa shape index (κ3) is 5.45. The Kier molecular flexibility index (Phi) is 9.78. The molecule has 1 radical (unpaired) electrons. The van der Waals surface area contributed by atoms with Crippen molar-refractivity contribution in [3.63, 3.8) is 0 Å². The van der Waals surface area contributed by atoms with E-state index in [1.54, 1.807) is 0 Å². The monoisotopic (exact) mass is 661 g/mol. The van der Waals surface area contributed by atoms with Gasteiger partial charge in [0.2, 0.25) is 0 Å². The van der Waals surface area contributed by atoms with Crippen molar-refractivity contribution in [3.05, 3.63) is 0 Å². The molecule has 8 bridgehead atoms. The molecule has 9 rings (SSSR count). The maximum Gasteiger partial charge on any atom is 0.0628 e. The summed E-state index contributed by atoms with van der Waals surface area (Å²) >= 11 is 0. The maximum atomic E-state index is 4.26. The third-order valence-electron chi connectivity index (χ3n) is 13.8. The van der Waals surface area contributed by atoms with Gasteiger partial charge in [-0.2, -0.15) is 0 Å². The van der Waals surface area contributed by atoms with Gasteiger partial charge in [-0.15, -0.1) is 0 Å². The molecule has 9 fully saturated rings. The predicted molar refractivity (Wildman–Crippen MR) is 157 cm³/mol. The van der Waals surface area contributed by atoms with Crippen molar-refractivity contribution >= 4 is 0 Å². The Morgan fingerprint density at radius 1 is 0.238 bits per heavy atom. The Labute approximate surface area is 275 Å². The Morgan fingerprint density at radius 2 is 0.357 bits per heavy atom. The second-order valence-corrected chi connectivity index (χ2v) is 15.6. The van der Waals surface area contributed by atoms with Crippen LogP contribution in [0.3, 0.4) is 0 Å². The molecule has 0 amide bonds. The van der Waals surface area contributed by atoms with E-state index in [1.807, 2.05) is 0 Å². The molecule has 10 heteroatoms. The largest absolute Gasteiger partial charge is 0.286 e. The van der Waals surface area contributed by atoms with Crippen LogP contribution >= 0.6 is 0 Å². The molecule has 239 valence electrons. The zero-order chi connectivity index (χ0) is 26.2. The van der Waals surface area contributed by atoms with Gasteiger partial charge in [0.15, 0.2) is 0 Å². The predicted octanol–water partition coefficient (Wildman–Crippen LogP) is 2.60. The van der Waals surface area contributed by atoms with E-state index in [0.29, 0.717) is 49.3 Å². The molecule has 0 aromatic heterocycles. The van der Waals surface area contributed by atoms with Gasteiger partial charge in [0.05, 0.1) is 49.3 Å². The summed E-state index contributed by atoms with van der Waals surface area (Å²) in [6.45, 7) is 0. The summed E-state index contributed by atoms with van der Waals surface area (Å²) in [5.74, 6) is 5.97. The van der Waals surface area contributed by atoms with E-state index < -0.39 is 0 Å². The maximum absolute atomic E-state index is 4.26. The van der Waals surface area contributed by atoms with Crippen LogP contribution in [-0.2, 0) is 35.0 Å². The van der Waals surface area contributed by atoms with Crippen LogP contribution in [0.1, 0.15) is 103 Å². The van der Waals surface area contributed by atoms with E-state index in [-0.39, 0.29) is 35.0 Å². The average Bonchev–Trinajstić information content (AvgIpc) is 3.73. The van der Waals surface area contributed by atoms with Crippen LogP contribution in [0.5, 0.6) is 0 Å². The zero-order valence-electron chi connectivity index (χ0n) is 25.3. The van der Waals surface area contributed by atoms with Crippen molar-refractivity contribution in [1.82, 2.24) is 42.5 Å². The van der Waals surface area contributed by atoms with E-state index in [0.717, 1.165) is 47.3 Å². The SMILES string of the molecule is C1CCC2C3NC(NC4NC(NC5NC(NC6NC(N3)C3CCCCC63)C3CCCCC53)C3CCCCC43)C2C1.[Ni].[V]. The molecule has 5 aliphatic heterocycles. The van der Waals surface area contributed by atoms with Crippen molar-refractivity contribution in [2.45, 2.75) is 152 Å². The van der Waals surface area contributed by atoms with Crippen LogP contribution < -0.4 is 42.5 Å². The van der Waals surface area contributed by atoms with Crippen molar-refractivity contribution in [3.8, 4) is 0 Å². The van der Waals surface area contributed by atoms with E-state index in [2.05, 4.69) is 42.5 Å². The molecule has 4 saturated carbocycles. The Hall–Kier alpha value is 0.758. The third-order valence-corrected chi connectivity index (χ3v) is 13.8. The molecule has 8 nitrogen and oxygen atoms in total. The van der Waals surface area contributed by atoms with Gasteiger partial charge in [-0.25, -0.2) is 0 Å². The minimum atomic E-state index is 0. The van der Waals surface area contributed by atoms with Gasteiger partial charge in [-0.1, -0.05) is 51.4 Å². The summed E-state index contributed by atoms with van der Waals surface area (Å²) in [7, 11) is 0. The molecule has 5 saturated heterocycles.